The first-order chi connectivity index (χ1) is 6.88. The van der Waals surface area contributed by atoms with Gasteiger partial charge in [0.15, 0.2) is 0 Å². The van der Waals surface area contributed by atoms with Gasteiger partial charge in [-0.25, -0.2) is 4.79 Å². The molecule has 0 atom stereocenters. The fourth-order valence-corrected chi connectivity index (χ4v) is 3.46. The molecule has 15 heavy (non-hydrogen) atoms. The van der Waals surface area contributed by atoms with E-state index in [9.17, 15) is 13.2 Å². The average molecular weight is 331 g/mol. The van der Waals surface area contributed by atoms with E-state index in [1.165, 1.54) is 12.1 Å². The molecule has 0 bridgehead atoms. The first-order valence-electron chi connectivity index (χ1n) is 3.37. The zero-order valence-electron chi connectivity index (χ0n) is 6.87. The Morgan fingerprint density at radius 3 is 2.13 bits per heavy atom. The van der Waals surface area contributed by atoms with Crippen molar-refractivity contribution in [2.75, 3.05) is 0 Å². The van der Waals surface area contributed by atoms with E-state index in [4.69, 9.17) is 23.2 Å². The molecule has 0 unspecified atom stereocenters. The quantitative estimate of drug-likeness (QED) is 0.618. The monoisotopic (exact) mass is 329 g/mol. The number of carbonyl (C=O) groups excluding carboxylic acids is 1. The molecule has 0 spiro atoms. The van der Waals surface area contributed by atoms with Gasteiger partial charge in [0.25, 0.3) is 16.1 Å². The molecule has 0 heterocycles. The predicted molar refractivity (Wildman–Crippen MR) is 59.5 cm³/mol. The zero-order valence-corrected chi connectivity index (χ0v) is 10.8. The van der Waals surface area contributed by atoms with Crippen molar-refractivity contribution in [1.82, 2.24) is 0 Å². The minimum atomic E-state index is -4.17. The Labute approximate surface area is 104 Å². The van der Waals surface area contributed by atoms with E-state index in [-0.39, 0.29) is 10.0 Å². The van der Waals surface area contributed by atoms with Crippen molar-refractivity contribution in [1.29, 1.82) is 0 Å². The summed E-state index contributed by atoms with van der Waals surface area (Å²) in [5.74, 6) is 0. The Bertz CT molecular complexity index is 528. The van der Waals surface area contributed by atoms with Crippen molar-refractivity contribution in [3.05, 3.63) is 26.7 Å². The van der Waals surface area contributed by atoms with E-state index >= 15 is 0 Å². The summed E-state index contributed by atoms with van der Waals surface area (Å²) in [6.45, 7) is 0. The van der Waals surface area contributed by atoms with Crippen LogP contribution in [0.5, 0.6) is 0 Å². The summed E-state index contributed by atoms with van der Waals surface area (Å²) < 4.78 is 25.9. The number of isocyanates is 1. The molecule has 0 aliphatic carbocycles. The first-order valence-corrected chi connectivity index (χ1v) is 6.36. The van der Waals surface area contributed by atoms with E-state index in [0.29, 0.717) is 4.47 Å². The van der Waals surface area contributed by atoms with Gasteiger partial charge in [-0.1, -0.05) is 43.5 Å². The molecule has 1 aromatic carbocycles. The summed E-state index contributed by atoms with van der Waals surface area (Å²) >= 11 is 14.4. The summed E-state index contributed by atoms with van der Waals surface area (Å²) in [6.07, 6.45) is 0.934. The molecule has 0 saturated carbocycles. The van der Waals surface area contributed by atoms with Crippen molar-refractivity contribution < 1.29 is 13.2 Å². The molecule has 1 rings (SSSR count). The smallest absolute Gasteiger partial charge is 0.210 e. The third-order valence-electron chi connectivity index (χ3n) is 1.38. The van der Waals surface area contributed by atoms with Crippen LogP contribution in [0.25, 0.3) is 0 Å². The minimum absolute atomic E-state index is 0.117. The van der Waals surface area contributed by atoms with Gasteiger partial charge in [0.1, 0.15) is 4.90 Å². The maximum Gasteiger partial charge on any atom is 0.295 e. The Balaban J connectivity index is 3.59. The van der Waals surface area contributed by atoms with Gasteiger partial charge >= 0.3 is 0 Å². The second kappa shape index (κ2) is 4.63. The molecule has 0 amide bonds. The number of rotatable bonds is 2. The molecule has 0 N–H and O–H groups in total. The molecule has 1 aromatic rings. The van der Waals surface area contributed by atoms with Crippen molar-refractivity contribution in [2.45, 2.75) is 4.90 Å². The maximum absolute atomic E-state index is 11.4. The highest BCUT2D eigenvalue weighted by molar-refractivity contribution is 9.10. The van der Waals surface area contributed by atoms with Crippen LogP contribution in [0.15, 0.2) is 25.9 Å². The molecule has 0 aliphatic rings. The average Bonchev–Trinajstić information content (AvgIpc) is 1.99. The fourth-order valence-electron chi connectivity index (χ4n) is 0.870. The van der Waals surface area contributed by atoms with Gasteiger partial charge in [0.05, 0.1) is 10.0 Å². The number of sulfonamides is 1. The van der Waals surface area contributed by atoms with E-state index < -0.39 is 14.9 Å². The molecule has 0 aliphatic heterocycles. The normalized spacial score (nSPS) is 10.9. The van der Waals surface area contributed by atoms with Crippen LogP contribution in [-0.2, 0) is 14.8 Å². The lowest BCUT2D eigenvalue weighted by atomic mass is 10.4. The molecule has 4 nitrogen and oxygen atoms in total. The Kier molecular flexibility index (Phi) is 3.92. The van der Waals surface area contributed by atoms with Crippen LogP contribution in [0, 0.1) is 0 Å². The van der Waals surface area contributed by atoms with Crippen LogP contribution in [0.4, 0.5) is 0 Å². The van der Waals surface area contributed by atoms with Crippen LogP contribution in [0.1, 0.15) is 0 Å². The van der Waals surface area contributed by atoms with Crippen molar-refractivity contribution >= 4 is 55.2 Å². The zero-order chi connectivity index (χ0) is 11.6. The molecule has 0 fully saturated rings. The summed E-state index contributed by atoms with van der Waals surface area (Å²) in [7, 11) is -4.17. The van der Waals surface area contributed by atoms with Crippen molar-refractivity contribution in [3.63, 3.8) is 0 Å². The lowest BCUT2D eigenvalue weighted by molar-refractivity contribution is 0.563. The molecule has 0 radical (unpaired) electrons. The molecular weight excluding hydrogens is 329 g/mol. The number of hydrogen-bond acceptors (Lipinski definition) is 3. The van der Waals surface area contributed by atoms with Gasteiger partial charge in [-0.3, -0.25) is 0 Å². The second-order valence-corrected chi connectivity index (χ2v) is 5.63. The first kappa shape index (κ1) is 12.7. The summed E-state index contributed by atoms with van der Waals surface area (Å²) in [6, 6.07) is 2.67. The van der Waals surface area contributed by atoms with Gasteiger partial charge in [0, 0.05) is 4.47 Å². The van der Waals surface area contributed by atoms with Crippen molar-refractivity contribution in [2.24, 2.45) is 4.40 Å². The topological polar surface area (TPSA) is 63.6 Å². The fraction of sp³-hybridized carbons (Fsp3) is 0. The molecular formula is C7H2BrCl2NO3S. The van der Waals surface area contributed by atoms with Crippen LogP contribution in [-0.4, -0.2) is 14.5 Å². The lowest BCUT2D eigenvalue weighted by Crippen LogP contribution is -1.98. The van der Waals surface area contributed by atoms with Gasteiger partial charge < -0.3 is 0 Å². The number of benzene rings is 1. The van der Waals surface area contributed by atoms with Gasteiger partial charge in [-0.2, -0.15) is 8.42 Å². The van der Waals surface area contributed by atoms with E-state index in [1.807, 2.05) is 0 Å². The van der Waals surface area contributed by atoms with Crippen molar-refractivity contribution in [3.8, 4) is 0 Å². The highest BCUT2D eigenvalue weighted by Gasteiger charge is 2.21. The SMILES string of the molecule is O=C=NS(=O)(=O)c1c(Cl)cc(Br)cc1Cl. The molecule has 80 valence electrons. The van der Waals surface area contributed by atoms with Crippen LogP contribution in [0.3, 0.4) is 0 Å². The Morgan fingerprint density at radius 1 is 1.27 bits per heavy atom. The third kappa shape index (κ3) is 2.80. The minimum Gasteiger partial charge on any atom is -0.210 e. The molecule has 8 heteroatoms. The van der Waals surface area contributed by atoms with E-state index in [2.05, 4.69) is 20.3 Å². The van der Waals surface area contributed by atoms with Crippen LogP contribution < -0.4 is 0 Å². The van der Waals surface area contributed by atoms with E-state index in [0.717, 1.165) is 6.08 Å². The van der Waals surface area contributed by atoms with Crippen LogP contribution >= 0.6 is 39.1 Å². The Hall–Kier alpha value is -0.390. The molecule has 0 aromatic heterocycles. The Morgan fingerprint density at radius 2 is 1.73 bits per heavy atom. The second-order valence-electron chi connectivity index (χ2n) is 2.36. The highest BCUT2D eigenvalue weighted by atomic mass is 79.9. The van der Waals surface area contributed by atoms with Gasteiger partial charge in [-0.05, 0) is 12.1 Å². The summed E-state index contributed by atoms with van der Waals surface area (Å²) in [5.41, 5.74) is 0. The van der Waals surface area contributed by atoms with E-state index in [1.54, 1.807) is 0 Å². The van der Waals surface area contributed by atoms with Gasteiger partial charge in [0.2, 0.25) is 0 Å². The largest absolute Gasteiger partial charge is 0.295 e. The lowest BCUT2D eigenvalue weighted by Gasteiger charge is -2.03. The van der Waals surface area contributed by atoms with Gasteiger partial charge in [-0.15, -0.1) is 0 Å². The predicted octanol–water partition coefficient (Wildman–Crippen LogP) is 2.78. The highest BCUT2D eigenvalue weighted by Crippen LogP contribution is 2.33. The third-order valence-corrected chi connectivity index (χ3v) is 3.93. The summed E-state index contributed by atoms with van der Waals surface area (Å²) in [5, 5.41) is -0.234. The summed E-state index contributed by atoms with van der Waals surface area (Å²) in [4.78, 5) is 9.51. The number of nitrogens with zero attached hydrogens (tertiary/aromatic N) is 1. The number of hydrogen-bond donors (Lipinski definition) is 0. The van der Waals surface area contributed by atoms with Crippen LogP contribution in [0.2, 0.25) is 10.0 Å². The number of halogens is 3. The maximum atomic E-state index is 11.4. The standard InChI is InChI=1S/C7H2BrCl2NO3S/c8-4-1-5(9)7(6(10)2-4)15(13,14)11-3-12/h1-2H. The molecule has 0 saturated heterocycles.